The van der Waals surface area contributed by atoms with Crippen LogP contribution in [-0.2, 0) is 11.2 Å². The molecule has 1 aliphatic carbocycles. The third kappa shape index (κ3) is 3.69. The standard InChI is InChI=1S/C15H18ClF2NO/c16-8-10-3-1-4-11(10)9-19-15(20)7-12-13(17)5-2-6-14(12)18/h2,5-6,10-11H,1,3-4,7-9H2,(H,19,20). The largest absolute Gasteiger partial charge is 0.356 e. The van der Waals surface area contributed by atoms with E-state index in [1.54, 1.807) is 0 Å². The van der Waals surface area contributed by atoms with E-state index >= 15 is 0 Å². The van der Waals surface area contributed by atoms with E-state index < -0.39 is 11.6 Å². The number of amides is 1. The van der Waals surface area contributed by atoms with E-state index in [9.17, 15) is 13.6 Å². The van der Waals surface area contributed by atoms with Crippen LogP contribution in [0.15, 0.2) is 18.2 Å². The number of halogens is 3. The van der Waals surface area contributed by atoms with Crippen molar-refractivity contribution in [3.05, 3.63) is 35.4 Å². The van der Waals surface area contributed by atoms with Crippen molar-refractivity contribution in [3.8, 4) is 0 Å². The van der Waals surface area contributed by atoms with E-state index in [4.69, 9.17) is 11.6 Å². The van der Waals surface area contributed by atoms with Crippen molar-refractivity contribution in [2.24, 2.45) is 11.8 Å². The molecule has 1 amide bonds. The summed E-state index contributed by atoms with van der Waals surface area (Å²) in [5.41, 5.74) is -0.176. The van der Waals surface area contributed by atoms with Crippen LogP contribution in [0, 0.1) is 23.5 Å². The molecule has 0 saturated heterocycles. The van der Waals surface area contributed by atoms with Crippen molar-refractivity contribution < 1.29 is 13.6 Å². The minimum atomic E-state index is -0.681. The van der Waals surface area contributed by atoms with Crippen LogP contribution in [0.25, 0.3) is 0 Å². The Labute approximate surface area is 122 Å². The fourth-order valence-corrected chi connectivity index (χ4v) is 3.16. The van der Waals surface area contributed by atoms with E-state index in [-0.39, 0.29) is 17.9 Å². The molecule has 0 radical (unpaired) electrons. The van der Waals surface area contributed by atoms with E-state index in [2.05, 4.69) is 5.32 Å². The zero-order valence-corrected chi connectivity index (χ0v) is 11.9. The lowest BCUT2D eigenvalue weighted by atomic mass is 9.98. The third-order valence-corrected chi connectivity index (χ3v) is 4.37. The number of rotatable bonds is 5. The monoisotopic (exact) mass is 301 g/mol. The topological polar surface area (TPSA) is 29.1 Å². The summed E-state index contributed by atoms with van der Waals surface area (Å²) in [7, 11) is 0. The summed E-state index contributed by atoms with van der Waals surface area (Å²) in [5.74, 6) is -0.305. The Morgan fingerprint density at radius 1 is 1.25 bits per heavy atom. The zero-order chi connectivity index (χ0) is 14.5. The second-order valence-electron chi connectivity index (χ2n) is 5.29. The lowest BCUT2D eigenvalue weighted by Crippen LogP contribution is -2.32. The summed E-state index contributed by atoms with van der Waals surface area (Å²) < 4.78 is 26.9. The first kappa shape index (κ1) is 15.2. The predicted octanol–water partition coefficient (Wildman–Crippen LogP) is 3.28. The first-order chi connectivity index (χ1) is 9.61. The molecule has 2 rings (SSSR count). The molecule has 1 saturated carbocycles. The Balaban J connectivity index is 1.87. The Morgan fingerprint density at radius 2 is 1.90 bits per heavy atom. The van der Waals surface area contributed by atoms with Gasteiger partial charge in [0.25, 0.3) is 0 Å². The smallest absolute Gasteiger partial charge is 0.224 e. The highest BCUT2D eigenvalue weighted by molar-refractivity contribution is 6.18. The predicted molar refractivity (Wildman–Crippen MR) is 74.6 cm³/mol. The van der Waals surface area contributed by atoms with Gasteiger partial charge in [-0.15, -0.1) is 11.6 Å². The quantitative estimate of drug-likeness (QED) is 0.831. The third-order valence-electron chi connectivity index (χ3n) is 3.98. The number of benzene rings is 1. The Hall–Kier alpha value is -1.16. The number of hydrogen-bond donors (Lipinski definition) is 1. The summed E-state index contributed by atoms with van der Waals surface area (Å²) in [6.07, 6.45) is 2.99. The molecule has 0 aromatic heterocycles. The Morgan fingerprint density at radius 3 is 2.55 bits per heavy atom. The van der Waals surface area contributed by atoms with Crippen LogP contribution in [-0.4, -0.2) is 18.3 Å². The molecule has 0 spiro atoms. The van der Waals surface area contributed by atoms with Gasteiger partial charge in [-0.1, -0.05) is 12.5 Å². The van der Waals surface area contributed by atoms with Crippen LogP contribution in [0.1, 0.15) is 24.8 Å². The van der Waals surface area contributed by atoms with Crippen LogP contribution in [0.2, 0.25) is 0 Å². The first-order valence-corrected chi connectivity index (χ1v) is 7.40. The van der Waals surface area contributed by atoms with E-state index in [1.165, 1.54) is 6.07 Å². The first-order valence-electron chi connectivity index (χ1n) is 6.87. The fraction of sp³-hybridized carbons (Fsp3) is 0.533. The SMILES string of the molecule is O=C(Cc1c(F)cccc1F)NCC1CCCC1CCl. The van der Waals surface area contributed by atoms with Crippen molar-refractivity contribution in [2.45, 2.75) is 25.7 Å². The van der Waals surface area contributed by atoms with Crippen molar-refractivity contribution in [2.75, 3.05) is 12.4 Å². The van der Waals surface area contributed by atoms with E-state index in [0.29, 0.717) is 24.3 Å². The summed E-state index contributed by atoms with van der Waals surface area (Å²) in [4.78, 5) is 11.8. The van der Waals surface area contributed by atoms with Crippen LogP contribution in [0.4, 0.5) is 8.78 Å². The average molecular weight is 302 g/mol. The van der Waals surface area contributed by atoms with Crippen molar-refractivity contribution in [1.29, 1.82) is 0 Å². The Kier molecular flexibility index (Phi) is 5.35. The Bertz CT molecular complexity index is 461. The second kappa shape index (κ2) is 7.02. The van der Waals surface area contributed by atoms with Crippen molar-refractivity contribution in [3.63, 3.8) is 0 Å². The zero-order valence-electron chi connectivity index (χ0n) is 11.2. The van der Waals surface area contributed by atoms with Gasteiger partial charge in [0.1, 0.15) is 11.6 Å². The highest BCUT2D eigenvalue weighted by Gasteiger charge is 2.26. The maximum absolute atomic E-state index is 13.4. The van der Waals surface area contributed by atoms with Gasteiger partial charge < -0.3 is 5.32 Å². The molecule has 0 heterocycles. The maximum atomic E-state index is 13.4. The number of carbonyl (C=O) groups is 1. The highest BCUT2D eigenvalue weighted by atomic mass is 35.5. The van der Waals surface area contributed by atoms with Gasteiger partial charge in [-0.3, -0.25) is 4.79 Å². The van der Waals surface area contributed by atoms with Gasteiger partial charge in [-0.05, 0) is 36.8 Å². The summed E-state index contributed by atoms with van der Waals surface area (Å²) >= 11 is 5.88. The normalized spacial score (nSPS) is 21.9. The molecule has 2 atom stereocenters. The molecular weight excluding hydrogens is 284 g/mol. The number of alkyl halides is 1. The fourth-order valence-electron chi connectivity index (χ4n) is 2.75. The van der Waals surface area contributed by atoms with Gasteiger partial charge in [0, 0.05) is 18.0 Å². The number of nitrogens with one attached hydrogen (secondary N) is 1. The molecule has 1 N–H and O–H groups in total. The molecule has 1 fully saturated rings. The molecule has 1 aliphatic rings. The average Bonchev–Trinajstić information content (AvgIpc) is 2.88. The van der Waals surface area contributed by atoms with Crippen LogP contribution in [0.5, 0.6) is 0 Å². The molecule has 2 unspecified atom stereocenters. The van der Waals surface area contributed by atoms with Gasteiger partial charge in [0.15, 0.2) is 0 Å². The number of carbonyl (C=O) groups excluding carboxylic acids is 1. The van der Waals surface area contributed by atoms with Gasteiger partial charge in [-0.2, -0.15) is 0 Å². The second-order valence-corrected chi connectivity index (χ2v) is 5.60. The van der Waals surface area contributed by atoms with Crippen molar-refractivity contribution >= 4 is 17.5 Å². The summed E-state index contributed by atoms with van der Waals surface area (Å²) in [6, 6.07) is 3.61. The molecule has 110 valence electrons. The van der Waals surface area contributed by atoms with Gasteiger partial charge in [0.05, 0.1) is 6.42 Å². The number of hydrogen-bond acceptors (Lipinski definition) is 1. The highest BCUT2D eigenvalue weighted by Crippen LogP contribution is 2.31. The minimum Gasteiger partial charge on any atom is -0.356 e. The molecule has 5 heteroatoms. The summed E-state index contributed by atoms with van der Waals surface area (Å²) in [5, 5.41) is 2.76. The molecule has 2 nitrogen and oxygen atoms in total. The van der Waals surface area contributed by atoms with Crippen LogP contribution < -0.4 is 5.32 Å². The van der Waals surface area contributed by atoms with Crippen LogP contribution >= 0.6 is 11.6 Å². The molecule has 0 aliphatic heterocycles. The van der Waals surface area contributed by atoms with Gasteiger partial charge >= 0.3 is 0 Å². The van der Waals surface area contributed by atoms with Gasteiger partial charge in [0.2, 0.25) is 5.91 Å². The molecule has 20 heavy (non-hydrogen) atoms. The molecular formula is C15H18ClF2NO. The molecule has 0 bridgehead atoms. The lowest BCUT2D eigenvalue weighted by Gasteiger charge is -2.17. The molecule has 1 aromatic rings. The van der Waals surface area contributed by atoms with Crippen LogP contribution in [0.3, 0.4) is 0 Å². The van der Waals surface area contributed by atoms with E-state index in [1.807, 2.05) is 0 Å². The van der Waals surface area contributed by atoms with Crippen molar-refractivity contribution in [1.82, 2.24) is 5.32 Å². The maximum Gasteiger partial charge on any atom is 0.224 e. The lowest BCUT2D eigenvalue weighted by molar-refractivity contribution is -0.120. The van der Waals surface area contributed by atoms with E-state index in [0.717, 1.165) is 31.4 Å². The molecule has 1 aromatic carbocycles. The summed E-state index contributed by atoms with van der Waals surface area (Å²) in [6.45, 7) is 0.534. The minimum absolute atomic E-state index is 0.176. The van der Waals surface area contributed by atoms with Gasteiger partial charge in [-0.25, -0.2) is 8.78 Å².